The molecule has 9 heteroatoms. The first kappa shape index (κ1) is 21.2. The van der Waals surface area contributed by atoms with Gasteiger partial charge in [0, 0.05) is 24.3 Å². The Morgan fingerprint density at radius 3 is 2.29 bits per heavy atom. The van der Waals surface area contributed by atoms with Gasteiger partial charge in [-0.15, -0.1) is 0 Å². The van der Waals surface area contributed by atoms with Crippen LogP contribution in [0.3, 0.4) is 0 Å². The third-order valence-electron chi connectivity index (χ3n) is 5.70. The number of rotatable bonds is 3. The number of carbonyl (C=O) groups is 3. The van der Waals surface area contributed by atoms with Gasteiger partial charge in [-0.2, -0.15) is 4.31 Å². The third kappa shape index (κ3) is 3.53. The Morgan fingerprint density at radius 2 is 1.65 bits per heavy atom. The fourth-order valence-electron chi connectivity index (χ4n) is 4.37. The van der Waals surface area contributed by atoms with E-state index in [-0.39, 0.29) is 39.1 Å². The summed E-state index contributed by atoms with van der Waals surface area (Å²) in [5.74, 6) is -2.01. The molecular weight excluding hydrogens is 418 g/mol. The zero-order valence-electron chi connectivity index (χ0n) is 17.2. The molecule has 2 atom stereocenters. The SMILES string of the molecule is C[C@@H]1C[C@H](C)CN(S(=O)(=O)c2cccc(C(=O)N3C(=O)c4cccc(N)c4C3=O)c2)C1. The van der Waals surface area contributed by atoms with Crippen LogP contribution in [0.4, 0.5) is 5.69 Å². The van der Waals surface area contributed by atoms with E-state index in [1.807, 2.05) is 13.8 Å². The van der Waals surface area contributed by atoms with Crippen molar-refractivity contribution in [3.05, 3.63) is 59.2 Å². The van der Waals surface area contributed by atoms with E-state index in [2.05, 4.69) is 0 Å². The first-order valence-electron chi connectivity index (χ1n) is 10.0. The van der Waals surface area contributed by atoms with Crippen molar-refractivity contribution < 1.29 is 22.8 Å². The number of sulfonamides is 1. The molecule has 2 N–H and O–H groups in total. The Morgan fingerprint density at radius 1 is 1.00 bits per heavy atom. The molecule has 0 aromatic heterocycles. The van der Waals surface area contributed by atoms with Gasteiger partial charge in [-0.25, -0.2) is 13.3 Å². The number of piperidine rings is 1. The molecule has 8 nitrogen and oxygen atoms in total. The van der Waals surface area contributed by atoms with E-state index in [1.165, 1.54) is 46.8 Å². The molecule has 2 aliphatic rings. The lowest BCUT2D eigenvalue weighted by Crippen LogP contribution is -2.42. The monoisotopic (exact) mass is 441 g/mol. The van der Waals surface area contributed by atoms with Crippen LogP contribution < -0.4 is 5.73 Å². The highest BCUT2D eigenvalue weighted by Gasteiger charge is 2.42. The number of nitrogens with two attached hydrogens (primary N) is 1. The number of amides is 3. The van der Waals surface area contributed by atoms with E-state index in [0.717, 1.165) is 6.42 Å². The van der Waals surface area contributed by atoms with Crippen LogP contribution in [0.15, 0.2) is 47.4 Å². The van der Waals surface area contributed by atoms with Crippen LogP contribution in [0, 0.1) is 11.8 Å². The lowest BCUT2D eigenvalue weighted by molar-refractivity contribution is 0.0566. The minimum atomic E-state index is -3.82. The summed E-state index contributed by atoms with van der Waals surface area (Å²) < 4.78 is 27.8. The van der Waals surface area contributed by atoms with Gasteiger partial charge < -0.3 is 5.73 Å². The predicted molar refractivity (Wildman–Crippen MR) is 114 cm³/mol. The van der Waals surface area contributed by atoms with Crippen molar-refractivity contribution in [1.29, 1.82) is 0 Å². The van der Waals surface area contributed by atoms with Gasteiger partial charge in [-0.05, 0) is 48.6 Å². The Bertz CT molecular complexity index is 1200. The van der Waals surface area contributed by atoms with Crippen LogP contribution in [0.5, 0.6) is 0 Å². The molecular formula is C22H23N3O5S. The first-order valence-corrected chi connectivity index (χ1v) is 11.5. The lowest BCUT2D eigenvalue weighted by Gasteiger charge is -2.34. The summed E-state index contributed by atoms with van der Waals surface area (Å²) in [6.45, 7) is 4.82. The Kier molecular flexibility index (Phi) is 5.18. The van der Waals surface area contributed by atoms with Crippen molar-refractivity contribution >= 4 is 33.4 Å². The predicted octanol–water partition coefficient (Wildman–Crippen LogP) is 2.37. The van der Waals surface area contributed by atoms with Gasteiger partial charge in [0.2, 0.25) is 10.0 Å². The van der Waals surface area contributed by atoms with E-state index in [0.29, 0.717) is 18.0 Å². The second kappa shape index (κ2) is 7.58. The van der Waals surface area contributed by atoms with Gasteiger partial charge >= 0.3 is 0 Å². The van der Waals surface area contributed by atoms with Crippen molar-refractivity contribution in [1.82, 2.24) is 9.21 Å². The molecule has 1 fully saturated rings. The highest BCUT2D eigenvalue weighted by molar-refractivity contribution is 7.89. The molecule has 0 saturated carbocycles. The molecule has 0 radical (unpaired) electrons. The summed E-state index contributed by atoms with van der Waals surface area (Å²) >= 11 is 0. The quantitative estimate of drug-likeness (QED) is 0.577. The summed E-state index contributed by atoms with van der Waals surface area (Å²) in [6, 6.07) is 9.88. The summed E-state index contributed by atoms with van der Waals surface area (Å²) in [4.78, 5) is 38.9. The number of hydrogen-bond donors (Lipinski definition) is 1. The summed E-state index contributed by atoms with van der Waals surface area (Å²) in [7, 11) is -3.82. The minimum absolute atomic E-state index is 0.0130. The Hall–Kier alpha value is -3.04. The molecule has 0 unspecified atom stereocenters. The van der Waals surface area contributed by atoms with Crippen LogP contribution >= 0.6 is 0 Å². The van der Waals surface area contributed by atoms with Crippen LogP contribution in [-0.2, 0) is 10.0 Å². The molecule has 0 spiro atoms. The maximum absolute atomic E-state index is 13.2. The standard InChI is InChI=1S/C22H23N3O5S/c1-13-9-14(2)12-24(11-13)31(29,30)16-6-3-5-15(10-16)20(26)25-21(27)17-7-4-8-18(23)19(17)22(25)28/h3-8,10,13-14H,9,11-12,23H2,1-2H3/t13-,14+. The smallest absolute Gasteiger partial charge is 0.270 e. The Labute approximate surface area is 180 Å². The molecule has 0 aliphatic carbocycles. The number of imide groups is 3. The second-order valence-corrected chi connectivity index (χ2v) is 10.3. The highest BCUT2D eigenvalue weighted by atomic mass is 32.2. The van der Waals surface area contributed by atoms with Crippen molar-refractivity contribution in [2.75, 3.05) is 18.8 Å². The van der Waals surface area contributed by atoms with Crippen molar-refractivity contribution in [3.63, 3.8) is 0 Å². The summed E-state index contributed by atoms with van der Waals surface area (Å²) in [5, 5.41) is 0. The molecule has 31 heavy (non-hydrogen) atoms. The van der Waals surface area contributed by atoms with E-state index < -0.39 is 27.7 Å². The number of anilines is 1. The molecule has 4 rings (SSSR count). The number of nitrogen functional groups attached to an aromatic ring is 1. The normalized spacial score (nSPS) is 21.9. The fraction of sp³-hybridized carbons (Fsp3) is 0.318. The van der Waals surface area contributed by atoms with Crippen LogP contribution in [0.25, 0.3) is 0 Å². The van der Waals surface area contributed by atoms with Crippen LogP contribution in [-0.4, -0.2) is 48.4 Å². The van der Waals surface area contributed by atoms with Gasteiger partial charge in [0.05, 0.1) is 16.0 Å². The average molecular weight is 442 g/mol. The molecule has 1 saturated heterocycles. The van der Waals surface area contributed by atoms with E-state index >= 15 is 0 Å². The Balaban J connectivity index is 1.66. The highest BCUT2D eigenvalue weighted by Crippen LogP contribution is 2.30. The third-order valence-corrected chi connectivity index (χ3v) is 7.53. The van der Waals surface area contributed by atoms with Gasteiger partial charge in [-0.1, -0.05) is 26.0 Å². The number of carbonyl (C=O) groups excluding carboxylic acids is 3. The van der Waals surface area contributed by atoms with Crippen LogP contribution in [0.2, 0.25) is 0 Å². The lowest BCUT2D eigenvalue weighted by atomic mass is 9.94. The number of nitrogens with zero attached hydrogens (tertiary/aromatic N) is 2. The molecule has 2 aromatic rings. The average Bonchev–Trinajstić information content (AvgIpc) is 2.98. The zero-order valence-corrected chi connectivity index (χ0v) is 18.1. The van der Waals surface area contributed by atoms with Gasteiger partial charge in [0.15, 0.2) is 0 Å². The van der Waals surface area contributed by atoms with E-state index in [9.17, 15) is 22.8 Å². The number of benzene rings is 2. The minimum Gasteiger partial charge on any atom is -0.398 e. The van der Waals surface area contributed by atoms with Crippen molar-refractivity contribution in [3.8, 4) is 0 Å². The van der Waals surface area contributed by atoms with Crippen LogP contribution in [0.1, 0.15) is 51.3 Å². The largest absolute Gasteiger partial charge is 0.398 e. The van der Waals surface area contributed by atoms with Gasteiger partial charge in [0.1, 0.15) is 0 Å². The number of fused-ring (bicyclic) bond motifs is 1. The zero-order chi connectivity index (χ0) is 22.5. The van der Waals surface area contributed by atoms with E-state index in [1.54, 1.807) is 0 Å². The van der Waals surface area contributed by atoms with Gasteiger partial charge in [-0.3, -0.25) is 14.4 Å². The van der Waals surface area contributed by atoms with Crippen molar-refractivity contribution in [2.24, 2.45) is 11.8 Å². The fourth-order valence-corrected chi connectivity index (χ4v) is 6.09. The topological polar surface area (TPSA) is 118 Å². The summed E-state index contributed by atoms with van der Waals surface area (Å²) in [6.07, 6.45) is 0.952. The first-order chi connectivity index (χ1) is 14.6. The molecule has 2 aliphatic heterocycles. The van der Waals surface area contributed by atoms with Crippen molar-refractivity contribution in [2.45, 2.75) is 25.2 Å². The molecule has 0 bridgehead atoms. The second-order valence-electron chi connectivity index (χ2n) is 8.32. The van der Waals surface area contributed by atoms with Gasteiger partial charge in [0.25, 0.3) is 17.7 Å². The molecule has 3 amide bonds. The molecule has 162 valence electrons. The molecule has 2 heterocycles. The summed E-state index contributed by atoms with van der Waals surface area (Å²) in [5.41, 5.74) is 5.90. The maximum Gasteiger partial charge on any atom is 0.270 e. The molecule has 2 aromatic carbocycles. The maximum atomic E-state index is 13.2. The van der Waals surface area contributed by atoms with E-state index in [4.69, 9.17) is 5.73 Å². The number of hydrogen-bond acceptors (Lipinski definition) is 6.